The molecule has 0 spiro atoms. The number of nitrogens with zero attached hydrogens (tertiary/aromatic N) is 1. The van der Waals surface area contributed by atoms with E-state index in [1.54, 1.807) is 18.2 Å². The summed E-state index contributed by atoms with van der Waals surface area (Å²) in [5.74, 6) is -0.427. The molecular weight excluding hydrogens is 336 g/mol. The number of nitro groups is 1. The van der Waals surface area contributed by atoms with Crippen molar-refractivity contribution in [2.75, 3.05) is 13.7 Å². The van der Waals surface area contributed by atoms with Crippen LogP contribution in [0.15, 0.2) is 47.7 Å². The van der Waals surface area contributed by atoms with Gasteiger partial charge in [-0.25, -0.2) is 0 Å². The van der Waals surface area contributed by atoms with Gasteiger partial charge in [-0.2, -0.15) is 0 Å². The molecule has 2 aliphatic carbocycles. The van der Waals surface area contributed by atoms with Gasteiger partial charge in [0, 0.05) is 12.6 Å². The molecule has 2 rings (SSSR count). The molecular formula is C19H24N2O5. The summed E-state index contributed by atoms with van der Waals surface area (Å²) in [6.45, 7) is 4.10. The Morgan fingerprint density at radius 3 is 2.62 bits per heavy atom. The van der Waals surface area contributed by atoms with Crippen LogP contribution in [-0.4, -0.2) is 30.5 Å². The van der Waals surface area contributed by atoms with Crippen molar-refractivity contribution in [2.24, 2.45) is 11.8 Å². The van der Waals surface area contributed by atoms with Gasteiger partial charge in [0.05, 0.1) is 18.0 Å². The van der Waals surface area contributed by atoms with Gasteiger partial charge in [-0.3, -0.25) is 19.7 Å². The Labute approximate surface area is 152 Å². The highest BCUT2D eigenvalue weighted by molar-refractivity contribution is 5.97. The van der Waals surface area contributed by atoms with E-state index < -0.39 is 10.8 Å². The normalized spacial score (nSPS) is 22.9. The van der Waals surface area contributed by atoms with Gasteiger partial charge < -0.3 is 10.1 Å². The summed E-state index contributed by atoms with van der Waals surface area (Å²) in [7, 11) is 1.39. The number of allylic oxidation sites excluding steroid dienone is 5. The zero-order chi connectivity index (χ0) is 19.1. The molecule has 140 valence electrons. The van der Waals surface area contributed by atoms with Crippen LogP contribution < -0.4 is 5.32 Å². The Hall–Kier alpha value is -2.70. The van der Waals surface area contributed by atoms with Crippen molar-refractivity contribution in [1.29, 1.82) is 0 Å². The van der Waals surface area contributed by atoms with Crippen LogP contribution >= 0.6 is 0 Å². The van der Waals surface area contributed by atoms with Crippen LogP contribution in [0.1, 0.15) is 32.1 Å². The lowest BCUT2D eigenvalue weighted by atomic mass is 9.82. The summed E-state index contributed by atoms with van der Waals surface area (Å²) in [4.78, 5) is 34.7. The molecule has 26 heavy (non-hydrogen) atoms. The maximum Gasteiger partial charge on any atom is 0.308 e. The summed E-state index contributed by atoms with van der Waals surface area (Å²) in [6, 6.07) is 0. The van der Waals surface area contributed by atoms with E-state index in [4.69, 9.17) is 4.74 Å². The van der Waals surface area contributed by atoms with Gasteiger partial charge in [0.25, 0.3) is 11.6 Å². The molecule has 7 heteroatoms. The second-order valence-corrected chi connectivity index (χ2v) is 6.53. The average molecular weight is 360 g/mol. The van der Waals surface area contributed by atoms with E-state index in [1.165, 1.54) is 13.2 Å². The van der Waals surface area contributed by atoms with Gasteiger partial charge in [0.15, 0.2) is 0 Å². The number of nitrogens with one attached hydrogen (secondary N) is 1. The topological polar surface area (TPSA) is 98.5 Å². The van der Waals surface area contributed by atoms with Crippen molar-refractivity contribution in [3.8, 4) is 0 Å². The van der Waals surface area contributed by atoms with E-state index in [0.29, 0.717) is 13.0 Å². The lowest BCUT2D eigenvalue weighted by molar-refractivity contribution is -0.420. The summed E-state index contributed by atoms with van der Waals surface area (Å²) < 4.78 is 4.77. The minimum atomic E-state index is -0.546. The van der Waals surface area contributed by atoms with E-state index in [9.17, 15) is 19.7 Å². The van der Waals surface area contributed by atoms with Crippen LogP contribution in [-0.2, 0) is 14.3 Å². The number of ether oxygens (including phenoxy) is 1. The summed E-state index contributed by atoms with van der Waals surface area (Å²) in [5.41, 5.74) is 0.674. The second-order valence-electron chi connectivity index (χ2n) is 6.53. The maximum atomic E-state index is 12.5. The number of esters is 1. The van der Waals surface area contributed by atoms with Crippen LogP contribution in [0.2, 0.25) is 0 Å². The first-order valence-corrected chi connectivity index (χ1v) is 8.70. The third kappa shape index (κ3) is 4.91. The van der Waals surface area contributed by atoms with Gasteiger partial charge >= 0.3 is 5.97 Å². The Balaban J connectivity index is 1.93. The summed E-state index contributed by atoms with van der Waals surface area (Å²) in [6.07, 6.45) is 9.67. The van der Waals surface area contributed by atoms with E-state index >= 15 is 0 Å². The quantitative estimate of drug-likeness (QED) is 0.446. The minimum absolute atomic E-state index is 0.0658. The Bertz CT molecular complexity index is 682. The molecule has 0 aromatic carbocycles. The number of carbonyl (C=O) groups is 2. The molecule has 1 N–H and O–H groups in total. The van der Waals surface area contributed by atoms with Gasteiger partial charge in [-0.1, -0.05) is 24.8 Å². The zero-order valence-electron chi connectivity index (χ0n) is 14.9. The number of hydrogen-bond acceptors (Lipinski definition) is 5. The van der Waals surface area contributed by atoms with Crippen LogP contribution in [0, 0.1) is 22.0 Å². The van der Waals surface area contributed by atoms with E-state index in [0.717, 1.165) is 31.3 Å². The highest BCUT2D eigenvalue weighted by Gasteiger charge is 2.29. The SMILES string of the molecule is C=CC1=CC=C([N+](=O)[O-])C(C(=O)NCC2CCC(C(=O)OC)CC2)=CC1. The van der Waals surface area contributed by atoms with E-state index in [-0.39, 0.29) is 29.1 Å². The van der Waals surface area contributed by atoms with Gasteiger partial charge in [-0.05, 0) is 43.6 Å². The Morgan fingerprint density at radius 2 is 2.04 bits per heavy atom. The molecule has 7 nitrogen and oxygen atoms in total. The van der Waals surface area contributed by atoms with Crippen molar-refractivity contribution in [3.05, 3.63) is 57.8 Å². The fourth-order valence-electron chi connectivity index (χ4n) is 3.29. The predicted molar refractivity (Wildman–Crippen MR) is 96.5 cm³/mol. The number of carbonyl (C=O) groups excluding carboxylic acids is 2. The van der Waals surface area contributed by atoms with Crippen LogP contribution in [0.3, 0.4) is 0 Å². The molecule has 0 unspecified atom stereocenters. The first-order valence-electron chi connectivity index (χ1n) is 8.70. The van der Waals surface area contributed by atoms with Crippen molar-refractivity contribution in [2.45, 2.75) is 32.1 Å². The Kier molecular flexibility index (Phi) is 6.89. The van der Waals surface area contributed by atoms with Crippen LogP contribution in [0.5, 0.6) is 0 Å². The fourth-order valence-corrected chi connectivity index (χ4v) is 3.29. The highest BCUT2D eigenvalue weighted by atomic mass is 16.6. The predicted octanol–water partition coefficient (Wildman–Crippen LogP) is 2.69. The van der Waals surface area contributed by atoms with Gasteiger partial charge in [-0.15, -0.1) is 0 Å². The standard InChI is InChI=1S/C19H24N2O5/c1-3-13-6-10-16(17(11-7-13)21(24)25)18(22)20-12-14-4-8-15(9-5-14)19(23)26-2/h3,7,10-11,14-15H,1,4-6,8-9,12H2,2H3,(H,20,22). The average Bonchev–Trinajstić information content (AvgIpc) is 2.88. The third-order valence-corrected chi connectivity index (χ3v) is 4.91. The first kappa shape index (κ1) is 19.6. The number of methoxy groups -OCH3 is 1. The molecule has 1 fully saturated rings. The monoisotopic (exact) mass is 360 g/mol. The largest absolute Gasteiger partial charge is 0.469 e. The number of rotatable bonds is 6. The summed E-state index contributed by atoms with van der Waals surface area (Å²) >= 11 is 0. The van der Waals surface area contributed by atoms with Crippen molar-refractivity contribution in [3.63, 3.8) is 0 Å². The molecule has 0 bridgehead atoms. The second kappa shape index (κ2) is 9.12. The minimum Gasteiger partial charge on any atom is -0.469 e. The molecule has 1 saturated carbocycles. The molecule has 0 atom stereocenters. The van der Waals surface area contributed by atoms with Gasteiger partial charge in [0.1, 0.15) is 5.57 Å². The molecule has 0 aliphatic heterocycles. The van der Waals surface area contributed by atoms with E-state index in [1.807, 2.05) is 0 Å². The lowest BCUT2D eigenvalue weighted by Gasteiger charge is -2.27. The van der Waals surface area contributed by atoms with E-state index in [2.05, 4.69) is 11.9 Å². The Morgan fingerprint density at radius 1 is 1.35 bits per heavy atom. The van der Waals surface area contributed by atoms with Crippen molar-refractivity contribution >= 4 is 11.9 Å². The zero-order valence-corrected chi connectivity index (χ0v) is 14.9. The van der Waals surface area contributed by atoms with Crippen molar-refractivity contribution in [1.82, 2.24) is 5.32 Å². The van der Waals surface area contributed by atoms with Crippen molar-refractivity contribution < 1.29 is 19.2 Å². The first-order chi connectivity index (χ1) is 12.5. The molecule has 0 radical (unpaired) electrons. The molecule has 2 aliphatic rings. The summed E-state index contributed by atoms with van der Waals surface area (Å²) in [5, 5.41) is 14.1. The number of hydrogen-bond donors (Lipinski definition) is 1. The van der Waals surface area contributed by atoms with Crippen LogP contribution in [0.25, 0.3) is 0 Å². The van der Waals surface area contributed by atoms with Crippen LogP contribution in [0.4, 0.5) is 0 Å². The molecule has 0 aromatic rings. The lowest BCUT2D eigenvalue weighted by Crippen LogP contribution is -2.34. The highest BCUT2D eigenvalue weighted by Crippen LogP contribution is 2.29. The molecule has 0 heterocycles. The molecule has 0 aromatic heterocycles. The molecule has 0 saturated heterocycles. The number of amides is 1. The van der Waals surface area contributed by atoms with Gasteiger partial charge in [0.2, 0.25) is 0 Å². The fraction of sp³-hybridized carbons (Fsp3) is 0.474. The maximum absolute atomic E-state index is 12.5. The molecule has 1 amide bonds. The third-order valence-electron chi connectivity index (χ3n) is 4.91. The smallest absolute Gasteiger partial charge is 0.308 e.